The Bertz CT molecular complexity index is 599. The molecule has 1 atom stereocenters. The van der Waals surface area contributed by atoms with E-state index in [1.54, 1.807) is 11.9 Å². The van der Waals surface area contributed by atoms with Crippen LogP contribution in [0.25, 0.3) is 0 Å². The number of hydrogen-bond donors (Lipinski definition) is 1. The van der Waals surface area contributed by atoms with Crippen molar-refractivity contribution in [3.63, 3.8) is 0 Å². The Balaban J connectivity index is 1.89. The number of hydrogen-bond acceptors (Lipinski definition) is 6. The van der Waals surface area contributed by atoms with Crippen LogP contribution < -0.4 is 5.32 Å². The minimum Gasteiger partial charge on any atom is -0.353 e. The molecule has 2 rings (SSSR count). The first-order valence-corrected chi connectivity index (χ1v) is 8.89. The molecule has 140 valence electrons. The van der Waals surface area contributed by atoms with E-state index in [-0.39, 0.29) is 30.2 Å². The lowest BCUT2D eigenvalue weighted by atomic mass is 10.1. The molecule has 0 aliphatic carbocycles. The van der Waals surface area contributed by atoms with Crippen LogP contribution in [0.5, 0.6) is 0 Å². The van der Waals surface area contributed by atoms with Gasteiger partial charge in [0.2, 0.25) is 17.7 Å². The summed E-state index contributed by atoms with van der Waals surface area (Å²) < 4.78 is 5.17. The minimum atomic E-state index is -0.401. The van der Waals surface area contributed by atoms with Gasteiger partial charge in [0.05, 0.1) is 12.5 Å². The lowest BCUT2D eigenvalue weighted by molar-refractivity contribution is -0.138. The molecule has 1 unspecified atom stereocenters. The van der Waals surface area contributed by atoms with E-state index in [4.69, 9.17) is 4.52 Å². The normalized spacial score (nSPS) is 18.7. The van der Waals surface area contributed by atoms with Gasteiger partial charge in [-0.05, 0) is 13.8 Å². The van der Waals surface area contributed by atoms with E-state index in [1.165, 1.54) is 0 Å². The summed E-state index contributed by atoms with van der Waals surface area (Å²) >= 11 is 0. The van der Waals surface area contributed by atoms with Gasteiger partial charge in [-0.1, -0.05) is 19.0 Å². The summed E-state index contributed by atoms with van der Waals surface area (Å²) in [4.78, 5) is 32.7. The van der Waals surface area contributed by atoms with Crippen LogP contribution in [0.1, 0.15) is 51.7 Å². The van der Waals surface area contributed by atoms with Crippen molar-refractivity contribution in [1.29, 1.82) is 0 Å². The Hall–Kier alpha value is -1.96. The molecular formula is C17H29N5O3. The zero-order valence-corrected chi connectivity index (χ0v) is 15.8. The second-order valence-corrected chi connectivity index (χ2v) is 7.11. The molecule has 0 spiro atoms. The van der Waals surface area contributed by atoms with Gasteiger partial charge in [0.25, 0.3) is 0 Å². The Morgan fingerprint density at radius 2 is 2.12 bits per heavy atom. The van der Waals surface area contributed by atoms with Crippen LogP contribution in [-0.2, 0) is 16.0 Å². The van der Waals surface area contributed by atoms with Gasteiger partial charge in [-0.3, -0.25) is 14.5 Å². The van der Waals surface area contributed by atoms with E-state index in [2.05, 4.69) is 20.4 Å². The SMILES string of the molecule is CC(C)c1nc(CCN(C)C(=O)CC2C(=O)NCCN2C(C)C)no1. The summed E-state index contributed by atoms with van der Waals surface area (Å²) in [5.41, 5.74) is 0. The van der Waals surface area contributed by atoms with Crippen molar-refractivity contribution in [2.24, 2.45) is 0 Å². The highest BCUT2D eigenvalue weighted by atomic mass is 16.5. The van der Waals surface area contributed by atoms with Crippen LogP contribution >= 0.6 is 0 Å². The molecular weight excluding hydrogens is 322 g/mol. The number of nitrogens with one attached hydrogen (secondary N) is 1. The predicted molar refractivity (Wildman–Crippen MR) is 93.0 cm³/mol. The number of rotatable bonds is 7. The molecule has 1 fully saturated rings. The first-order chi connectivity index (χ1) is 11.8. The highest BCUT2D eigenvalue weighted by Crippen LogP contribution is 2.14. The zero-order chi connectivity index (χ0) is 18.6. The summed E-state index contributed by atoms with van der Waals surface area (Å²) in [6.07, 6.45) is 0.715. The molecule has 0 bridgehead atoms. The van der Waals surface area contributed by atoms with E-state index >= 15 is 0 Å². The zero-order valence-electron chi connectivity index (χ0n) is 15.8. The largest absolute Gasteiger partial charge is 0.353 e. The van der Waals surface area contributed by atoms with Crippen LogP contribution in [-0.4, -0.2) is 70.5 Å². The molecule has 2 amide bonds. The Kier molecular flexibility index (Phi) is 6.52. The number of aromatic nitrogens is 2. The van der Waals surface area contributed by atoms with Gasteiger partial charge in [0, 0.05) is 45.1 Å². The van der Waals surface area contributed by atoms with Gasteiger partial charge in [-0.15, -0.1) is 0 Å². The van der Waals surface area contributed by atoms with E-state index in [0.717, 1.165) is 6.54 Å². The van der Waals surface area contributed by atoms with Crippen molar-refractivity contribution in [3.05, 3.63) is 11.7 Å². The molecule has 2 heterocycles. The maximum atomic E-state index is 12.5. The third kappa shape index (κ3) is 5.01. The third-order valence-electron chi connectivity index (χ3n) is 4.48. The lowest BCUT2D eigenvalue weighted by Gasteiger charge is -2.38. The van der Waals surface area contributed by atoms with Gasteiger partial charge in [-0.25, -0.2) is 0 Å². The van der Waals surface area contributed by atoms with Crippen molar-refractivity contribution in [2.75, 3.05) is 26.7 Å². The second kappa shape index (κ2) is 8.42. The Morgan fingerprint density at radius 1 is 1.40 bits per heavy atom. The molecule has 1 saturated heterocycles. The topological polar surface area (TPSA) is 91.6 Å². The van der Waals surface area contributed by atoms with Crippen molar-refractivity contribution in [3.8, 4) is 0 Å². The minimum absolute atomic E-state index is 0.0553. The summed E-state index contributed by atoms with van der Waals surface area (Å²) in [6.45, 7) is 9.96. The number of amides is 2. The quantitative estimate of drug-likeness (QED) is 0.781. The first kappa shape index (κ1) is 19.4. The van der Waals surface area contributed by atoms with Crippen molar-refractivity contribution >= 4 is 11.8 Å². The van der Waals surface area contributed by atoms with Crippen molar-refractivity contribution in [2.45, 2.75) is 58.5 Å². The predicted octanol–water partition coefficient (Wildman–Crippen LogP) is 0.793. The molecule has 1 aromatic heterocycles. The van der Waals surface area contributed by atoms with Crippen LogP contribution in [0.15, 0.2) is 4.52 Å². The number of likely N-dealkylation sites (N-methyl/N-ethyl adjacent to an activating group) is 1. The van der Waals surface area contributed by atoms with Crippen molar-refractivity contribution in [1.82, 2.24) is 25.3 Å². The van der Waals surface area contributed by atoms with Gasteiger partial charge < -0.3 is 14.7 Å². The van der Waals surface area contributed by atoms with Crippen LogP contribution in [0.4, 0.5) is 0 Å². The van der Waals surface area contributed by atoms with E-state index in [9.17, 15) is 9.59 Å². The smallest absolute Gasteiger partial charge is 0.237 e. The monoisotopic (exact) mass is 351 g/mol. The highest BCUT2D eigenvalue weighted by Gasteiger charge is 2.33. The van der Waals surface area contributed by atoms with Crippen molar-refractivity contribution < 1.29 is 14.1 Å². The molecule has 1 aliphatic rings. The fourth-order valence-corrected chi connectivity index (χ4v) is 2.88. The molecule has 0 saturated carbocycles. The second-order valence-electron chi connectivity index (χ2n) is 7.11. The molecule has 1 aromatic rings. The molecule has 8 nitrogen and oxygen atoms in total. The summed E-state index contributed by atoms with van der Waals surface area (Å²) in [6, 6.07) is -0.177. The molecule has 1 aliphatic heterocycles. The van der Waals surface area contributed by atoms with E-state index in [1.807, 2.05) is 27.7 Å². The number of carbonyl (C=O) groups excluding carboxylic acids is 2. The molecule has 25 heavy (non-hydrogen) atoms. The van der Waals surface area contributed by atoms with Crippen LogP contribution in [0.2, 0.25) is 0 Å². The standard InChI is InChI=1S/C17H29N5O3/c1-11(2)17-19-14(20-25-17)6-8-21(5)15(23)10-13-16(24)18-7-9-22(13)12(3)4/h11-13H,6-10H2,1-5H3,(H,18,24). The van der Waals surface area contributed by atoms with Gasteiger partial charge in [0.1, 0.15) is 0 Å². The molecule has 0 radical (unpaired) electrons. The van der Waals surface area contributed by atoms with E-state index in [0.29, 0.717) is 31.2 Å². The summed E-state index contributed by atoms with van der Waals surface area (Å²) in [5, 5.41) is 6.78. The molecule has 0 aromatic carbocycles. The first-order valence-electron chi connectivity index (χ1n) is 8.89. The van der Waals surface area contributed by atoms with Gasteiger partial charge in [0.15, 0.2) is 5.82 Å². The summed E-state index contributed by atoms with van der Waals surface area (Å²) in [7, 11) is 1.74. The fraction of sp³-hybridized carbons (Fsp3) is 0.765. The van der Waals surface area contributed by atoms with Gasteiger partial charge >= 0.3 is 0 Å². The number of nitrogens with zero attached hydrogens (tertiary/aromatic N) is 4. The summed E-state index contributed by atoms with van der Waals surface area (Å²) in [5.74, 6) is 1.27. The van der Waals surface area contributed by atoms with Crippen LogP contribution in [0, 0.1) is 0 Å². The number of piperazine rings is 1. The highest BCUT2D eigenvalue weighted by molar-refractivity contribution is 5.88. The maximum Gasteiger partial charge on any atom is 0.237 e. The Morgan fingerprint density at radius 3 is 2.72 bits per heavy atom. The molecule has 1 N–H and O–H groups in total. The van der Waals surface area contributed by atoms with Crippen LogP contribution in [0.3, 0.4) is 0 Å². The maximum absolute atomic E-state index is 12.5. The number of carbonyl (C=O) groups is 2. The van der Waals surface area contributed by atoms with Gasteiger partial charge in [-0.2, -0.15) is 4.98 Å². The Labute approximate surface area is 148 Å². The third-order valence-corrected chi connectivity index (χ3v) is 4.48. The average molecular weight is 351 g/mol. The lowest BCUT2D eigenvalue weighted by Crippen LogP contribution is -2.58. The van der Waals surface area contributed by atoms with E-state index < -0.39 is 6.04 Å². The fourth-order valence-electron chi connectivity index (χ4n) is 2.88. The molecule has 8 heteroatoms. The average Bonchev–Trinajstić information content (AvgIpc) is 3.03.